The first kappa shape index (κ1) is 16.1. The molecule has 2 heterocycles. The highest BCUT2D eigenvalue weighted by atomic mass is 79.9. The third kappa shape index (κ3) is 3.00. The minimum absolute atomic E-state index is 0.164. The van der Waals surface area contributed by atoms with Crippen LogP contribution in [0.5, 0.6) is 0 Å². The Balaban J connectivity index is 2.16. The van der Waals surface area contributed by atoms with Crippen molar-refractivity contribution in [2.24, 2.45) is 0 Å². The van der Waals surface area contributed by atoms with E-state index in [1.54, 1.807) is 0 Å². The molecule has 0 aliphatic carbocycles. The molecule has 0 saturated carbocycles. The molecule has 0 fully saturated rings. The van der Waals surface area contributed by atoms with Gasteiger partial charge in [0.2, 0.25) is 0 Å². The number of nitrogens with zero attached hydrogens (tertiary/aromatic N) is 3. The Morgan fingerprint density at radius 2 is 2.00 bits per heavy atom. The van der Waals surface area contributed by atoms with E-state index in [1.165, 1.54) is 34.8 Å². The van der Waals surface area contributed by atoms with Gasteiger partial charge in [-0.15, -0.1) is 0 Å². The number of thioether (sulfide) groups is 1. The third-order valence-corrected chi connectivity index (χ3v) is 4.47. The molecule has 0 atom stereocenters. The zero-order valence-electron chi connectivity index (χ0n) is 11.9. The van der Waals surface area contributed by atoms with Crippen molar-refractivity contribution in [2.75, 3.05) is 6.26 Å². The molecule has 118 valence electrons. The highest BCUT2D eigenvalue weighted by Crippen LogP contribution is 2.22. The van der Waals surface area contributed by atoms with Crippen LogP contribution >= 0.6 is 27.7 Å². The zero-order chi connectivity index (χ0) is 16.6. The quantitative estimate of drug-likeness (QED) is 0.500. The lowest BCUT2D eigenvalue weighted by molar-refractivity contribution is 0.542. The lowest BCUT2D eigenvalue weighted by atomic mass is 10.2. The Hall–Kier alpha value is -1.80. The summed E-state index contributed by atoms with van der Waals surface area (Å²) >= 11 is 4.71. The van der Waals surface area contributed by atoms with Crippen molar-refractivity contribution in [3.8, 4) is 0 Å². The Kier molecular flexibility index (Phi) is 4.45. The van der Waals surface area contributed by atoms with Crippen LogP contribution in [-0.4, -0.2) is 20.8 Å². The first-order valence-electron chi connectivity index (χ1n) is 6.54. The number of halogens is 3. The minimum Gasteiger partial charge on any atom is -0.309 e. The van der Waals surface area contributed by atoms with Gasteiger partial charge in [-0.3, -0.25) is 4.79 Å². The minimum atomic E-state index is -0.692. The Morgan fingerprint density at radius 1 is 1.30 bits per heavy atom. The molecular formula is C15H10BrF2N3OS. The maximum absolute atomic E-state index is 13.8. The molecule has 1 aromatic carbocycles. The number of pyridine rings is 1. The molecule has 0 spiro atoms. The van der Waals surface area contributed by atoms with Crippen LogP contribution in [0.1, 0.15) is 5.56 Å². The van der Waals surface area contributed by atoms with Crippen LogP contribution in [0.3, 0.4) is 0 Å². The van der Waals surface area contributed by atoms with E-state index in [0.29, 0.717) is 15.1 Å². The Bertz CT molecular complexity index is 941. The normalized spacial score (nSPS) is 11.1. The maximum atomic E-state index is 13.8. The van der Waals surface area contributed by atoms with Crippen LogP contribution in [0, 0.1) is 11.6 Å². The summed E-state index contributed by atoms with van der Waals surface area (Å²) < 4.78 is 29.4. The third-order valence-electron chi connectivity index (χ3n) is 3.33. The van der Waals surface area contributed by atoms with Gasteiger partial charge >= 0.3 is 0 Å². The molecule has 0 aliphatic rings. The molecule has 8 heteroatoms. The van der Waals surface area contributed by atoms with Crippen molar-refractivity contribution in [2.45, 2.75) is 11.7 Å². The standard InChI is InChI=1S/C15H10BrF2N3OS/c1-23-15-19-5-8-13(20-15)10(16)7-21(14(8)22)6-9-11(17)3-2-4-12(9)18/h2-5,7H,6H2,1H3. The van der Waals surface area contributed by atoms with Crippen molar-refractivity contribution in [3.63, 3.8) is 0 Å². The molecular weight excluding hydrogens is 388 g/mol. The van der Waals surface area contributed by atoms with E-state index >= 15 is 0 Å². The summed E-state index contributed by atoms with van der Waals surface area (Å²) in [5.41, 5.74) is -0.0967. The van der Waals surface area contributed by atoms with Gasteiger partial charge in [0, 0.05) is 18.0 Å². The highest BCUT2D eigenvalue weighted by molar-refractivity contribution is 9.10. The average Bonchev–Trinajstić information content (AvgIpc) is 2.55. The van der Waals surface area contributed by atoms with Crippen molar-refractivity contribution in [1.29, 1.82) is 0 Å². The number of benzene rings is 1. The van der Waals surface area contributed by atoms with Gasteiger partial charge in [-0.1, -0.05) is 17.8 Å². The average molecular weight is 398 g/mol. The Labute approximate surface area is 142 Å². The zero-order valence-corrected chi connectivity index (χ0v) is 14.3. The van der Waals surface area contributed by atoms with Gasteiger partial charge in [-0.2, -0.15) is 0 Å². The van der Waals surface area contributed by atoms with E-state index < -0.39 is 17.2 Å². The summed E-state index contributed by atoms with van der Waals surface area (Å²) in [7, 11) is 0. The molecule has 0 radical (unpaired) electrons. The lowest BCUT2D eigenvalue weighted by Gasteiger charge is -2.10. The van der Waals surface area contributed by atoms with Gasteiger partial charge < -0.3 is 4.57 Å². The second kappa shape index (κ2) is 6.37. The van der Waals surface area contributed by atoms with Crippen LogP contribution in [0.4, 0.5) is 8.78 Å². The first-order chi connectivity index (χ1) is 11.0. The fourth-order valence-electron chi connectivity index (χ4n) is 2.19. The predicted molar refractivity (Wildman–Crippen MR) is 88.7 cm³/mol. The van der Waals surface area contributed by atoms with Gasteiger partial charge in [0.1, 0.15) is 11.6 Å². The fourth-order valence-corrected chi connectivity index (χ4v) is 3.08. The fraction of sp³-hybridized carbons (Fsp3) is 0.133. The van der Waals surface area contributed by atoms with Gasteiger partial charge in [-0.25, -0.2) is 18.7 Å². The largest absolute Gasteiger partial charge is 0.309 e. The first-order valence-corrected chi connectivity index (χ1v) is 8.55. The van der Waals surface area contributed by atoms with Crippen molar-refractivity contribution >= 4 is 38.6 Å². The molecule has 3 aromatic rings. The summed E-state index contributed by atoms with van der Waals surface area (Å²) in [6, 6.07) is 3.60. The predicted octanol–water partition coefficient (Wildman–Crippen LogP) is 3.60. The smallest absolute Gasteiger partial charge is 0.261 e. The summed E-state index contributed by atoms with van der Waals surface area (Å²) in [6.07, 6.45) is 4.74. The molecule has 3 rings (SSSR count). The molecule has 2 aromatic heterocycles. The second-order valence-corrected chi connectivity index (χ2v) is 6.36. The molecule has 0 amide bonds. The van der Waals surface area contributed by atoms with E-state index in [9.17, 15) is 13.6 Å². The molecule has 0 N–H and O–H groups in total. The number of hydrogen-bond acceptors (Lipinski definition) is 4. The van der Waals surface area contributed by atoms with Crippen molar-refractivity contribution in [3.05, 3.63) is 62.6 Å². The molecule has 0 bridgehead atoms. The summed E-state index contributed by atoms with van der Waals surface area (Å²) in [5, 5.41) is 0.824. The van der Waals surface area contributed by atoms with Crippen LogP contribution in [0.25, 0.3) is 10.9 Å². The molecule has 4 nitrogen and oxygen atoms in total. The van der Waals surface area contributed by atoms with Crippen molar-refractivity contribution < 1.29 is 8.78 Å². The number of hydrogen-bond donors (Lipinski definition) is 0. The van der Waals surface area contributed by atoms with E-state index in [2.05, 4.69) is 25.9 Å². The SMILES string of the molecule is CSc1ncc2c(=O)n(Cc3c(F)cccc3F)cc(Br)c2n1. The second-order valence-electron chi connectivity index (χ2n) is 4.73. The number of aromatic nitrogens is 3. The number of rotatable bonds is 3. The van der Waals surface area contributed by atoms with Gasteiger partial charge in [-0.05, 0) is 34.3 Å². The summed E-state index contributed by atoms with van der Waals surface area (Å²) in [5.74, 6) is -1.38. The van der Waals surface area contributed by atoms with Crippen LogP contribution < -0.4 is 5.56 Å². The van der Waals surface area contributed by atoms with Gasteiger partial charge in [0.25, 0.3) is 5.56 Å². The summed E-state index contributed by atoms with van der Waals surface area (Å²) in [6.45, 7) is -0.212. The molecule has 0 saturated heterocycles. The van der Waals surface area contributed by atoms with E-state index in [-0.39, 0.29) is 17.5 Å². The van der Waals surface area contributed by atoms with Crippen LogP contribution in [-0.2, 0) is 6.54 Å². The van der Waals surface area contributed by atoms with Gasteiger partial charge in [0.15, 0.2) is 5.16 Å². The van der Waals surface area contributed by atoms with Crippen molar-refractivity contribution in [1.82, 2.24) is 14.5 Å². The van der Waals surface area contributed by atoms with E-state index in [0.717, 1.165) is 12.1 Å². The summed E-state index contributed by atoms with van der Waals surface area (Å²) in [4.78, 5) is 20.9. The maximum Gasteiger partial charge on any atom is 0.261 e. The highest BCUT2D eigenvalue weighted by Gasteiger charge is 2.14. The molecule has 23 heavy (non-hydrogen) atoms. The Morgan fingerprint density at radius 3 is 2.65 bits per heavy atom. The monoisotopic (exact) mass is 397 g/mol. The molecule has 0 unspecified atom stereocenters. The van der Waals surface area contributed by atoms with E-state index in [1.807, 2.05) is 6.26 Å². The van der Waals surface area contributed by atoms with Crippen LogP contribution in [0.15, 0.2) is 45.0 Å². The van der Waals surface area contributed by atoms with E-state index in [4.69, 9.17) is 0 Å². The molecule has 0 aliphatic heterocycles. The topological polar surface area (TPSA) is 47.8 Å². The van der Waals surface area contributed by atoms with Gasteiger partial charge in [0.05, 0.1) is 21.9 Å². The number of fused-ring (bicyclic) bond motifs is 1. The van der Waals surface area contributed by atoms with Crippen LogP contribution in [0.2, 0.25) is 0 Å². The lowest BCUT2D eigenvalue weighted by Crippen LogP contribution is -2.22.